The standard InChI is InChI=1S/C20H16ClF3N6O/c21-17-5-4-15(28-29-17)12-6-7-30-16(10-25-18(30)9-12)13-2-1-3-14(8-13)27-19(31)26-11-20(22,23)24/h1-10,28-29H,11H2,(H2,26,27,31). The third-order valence-electron chi connectivity index (χ3n) is 4.40. The van der Waals surface area contributed by atoms with Crippen molar-refractivity contribution in [3.8, 4) is 11.3 Å². The van der Waals surface area contributed by atoms with Crippen molar-refractivity contribution < 1.29 is 18.0 Å². The van der Waals surface area contributed by atoms with Gasteiger partial charge in [-0.05, 0) is 36.4 Å². The molecule has 0 aliphatic carbocycles. The highest BCUT2D eigenvalue weighted by Gasteiger charge is 2.27. The van der Waals surface area contributed by atoms with E-state index in [2.05, 4.69) is 21.2 Å². The van der Waals surface area contributed by atoms with E-state index in [-0.39, 0.29) is 0 Å². The quantitative estimate of drug-likeness (QED) is 0.451. The molecule has 11 heteroatoms. The number of urea groups is 1. The van der Waals surface area contributed by atoms with Gasteiger partial charge in [0.25, 0.3) is 0 Å². The summed E-state index contributed by atoms with van der Waals surface area (Å²) in [7, 11) is 0. The van der Waals surface area contributed by atoms with Crippen LogP contribution < -0.4 is 21.5 Å². The molecule has 2 amide bonds. The first-order valence-electron chi connectivity index (χ1n) is 9.07. The van der Waals surface area contributed by atoms with E-state index in [0.717, 1.165) is 22.5 Å². The monoisotopic (exact) mass is 448 g/mol. The normalized spacial score (nSPS) is 13.7. The first-order valence-corrected chi connectivity index (χ1v) is 9.45. The van der Waals surface area contributed by atoms with Crippen LogP contribution in [0.15, 0.2) is 66.1 Å². The first kappa shape index (κ1) is 20.6. The fourth-order valence-electron chi connectivity index (χ4n) is 3.01. The molecule has 0 radical (unpaired) electrons. The van der Waals surface area contributed by atoms with Gasteiger partial charge in [-0.2, -0.15) is 13.2 Å². The number of fused-ring (bicyclic) bond motifs is 1. The van der Waals surface area contributed by atoms with Gasteiger partial charge >= 0.3 is 12.2 Å². The zero-order valence-corrected chi connectivity index (χ0v) is 16.6. The lowest BCUT2D eigenvalue weighted by molar-refractivity contribution is -0.122. The number of aromatic nitrogens is 2. The van der Waals surface area contributed by atoms with Crippen molar-refractivity contribution in [3.05, 3.63) is 71.7 Å². The van der Waals surface area contributed by atoms with E-state index in [1.54, 1.807) is 35.8 Å². The van der Waals surface area contributed by atoms with Crippen molar-refractivity contribution in [2.45, 2.75) is 6.18 Å². The summed E-state index contributed by atoms with van der Waals surface area (Å²) in [4.78, 5) is 16.1. The molecule has 1 aliphatic rings. The zero-order chi connectivity index (χ0) is 22.0. The summed E-state index contributed by atoms with van der Waals surface area (Å²) in [5.41, 5.74) is 10.1. The molecule has 7 nitrogen and oxygen atoms in total. The number of allylic oxidation sites excluding steroid dienone is 2. The van der Waals surface area contributed by atoms with Gasteiger partial charge in [-0.15, -0.1) is 0 Å². The lowest BCUT2D eigenvalue weighted by Gasteiger charge is -2.16. The predicted octanol–water partition coefficient (Wildman–Crippen LogP) is 4.21. The highest BCUT2D eigenvalue weighted by molar-refractivity contribution is 6.29. The van der Waals surface area contributed by atoms with E-state index in [1.165, 1.54) is 0 Å². The van der Waals surface area contributed by atoms with Gasteiger partial charge < -0.3 is 10.6 Å². The zero-order valence-electron chi connectivity index (χ0n) is 15.8. The minimum atomic E-state index is -4.48. The van der Waals surface area contributed by atoms with Gasteiger partial charge in [0.2, 0.25) is 0 Å². The number of imidazole rings is 1. The highest BCUT2D eigenvalue weighted by atomic mass is 35.5. The number of carbonyl (C=O) groups is 1. The Hall–Kier alpha value is -3.66. The number of anilines is 1. The number of nitrogens with one attached hydrogen (secondary N) is 4. The molecule has 3 heterocycles. The van der Waals surface area contributed by atoms with Gasteiger partial charge in [0, 0.05) is 23.0 Å². The van der Waals surface area contributed by atoms with Crippen molar-refractivity contribution in [1.82, 2.24) is 25.6 Å². The average Bonchev–Trinajstić information content (AvgIpc) is 3.16. The minimum Gasteiger partial charge on any atom is -0.329 e. The number of hydrogen-bond donors (Lipinski definition) is 4. The number of nitrogens with zero attached hydrogens (tertiary/aromatic N) is 2. The number of benzene rings is 1. The van der Waals surface area contributed by atoms with Gasteiger partial charge in [0.05, 0.1) is 17.6 Å². The summed E-state index contributed by atoms with van der Waals surface area (Å²) in [6.45, 7) is -1.41. The average molecular weight is 449 g/mol. The molecule has 0 fully saturated rings. The SMILES string of the molecule is O=C(NCC(F)(F)F)Nc1cccc(-c2cnc3cc(C4=CC=C(Cl)NN4)ccn23)c1. The van der Waals surface area contributed by atoms with Crippen LogP contribution in [0.2, 0.25) is 0 Å². The fourth-order valence-corrected chi connectivity index (χ4v) is 3.12. The van der Waals surface area contributed by atoms with E-state index in [1.807, 2.05) is 34.9 Å². The van der Waals surface area contributed by atoms with Gasteiger partial charge in [-0.3, -0.25) is 15.3 Å². The van der Waals surface area contributed by atoms with Crippen LogP contribution in [0.25, 0.3) is 22.6 Å². The van der Waals surface area contributed by atoms with Crippen molar-refractivity contribution in [3.63, 3.8) is 0 Å². The Bertz CT molecular complexity index is 1200. The summed E-state index contributed by atoms with van der Waals surface area (Å²) >= 11 is 5.86. The van der Waals surface area contributed by atoms with Crippen LogP contribution in [0.3, 0.4) is 0 Å². The Labute approximate surface area is 179 Å². The molecule has 4 N–H and O–H groups in total. The molecule has 3 aromatic rings. The van der Waals surface area contributed by atoms with Crippen LogP contribution in [0.1, 0.15) is 5.56 Å². The number of hydrazine groups is 1. The molecule has 31 heavy (non-hydrogen) atoms. The summed E-state index contributed by atoms with van der Waals surface area (Å²) in [5, 5.41) is 4.66. The summed E-state index contributed by atoms with van der Waals surface area (Å²) in [6, 6.07) is 9.62. The predicted molar refractivity (Wildman–Crippen MR) is 112 cm³/mol. The second kappa shape index (κ2) is 8.23. The summed E-state index contributed by atoms with van der Waals surface area (Å²) < 4.78 is 38.6. The van der Waals surface area contributed by atoms with Crippen molar-refractivity contribution in [2.24, 2.45) is 0 Å². The van der Waals surface area contributed by atoms with Crippen LogP contribution in [0.5, 0.6) is 0 Å². The maximum absolute atomic E-state index is 12.2. The molecule has 1 aliphatic heterocycles. The third-order valence-corrected chi connectivity index (χ3v) is 4.62. The van der Waals surface area contributed by atoms with Crippen LogP contribution >= 0.6 is 11.6 Å². The van der Waals surface area contributed by atoms with Crippen LogP contribution in [-0.4, -0.2) is 28.1 Å². The molecule has 0 saturated heterocycles. The number of carbonyl (C=O) groups excluding carboxylic acids is 1. The van der Waals surface area contributed by atoms with E-state index in [0.29, 0.717) is 16.5 Å². The number of alkyl halides is 3. The number of hydrogen-bond acceptors (Lipinski definition) is 4. The largest absolute Gasteiger partial charge is 0.405 e. The molecule has 0 unspecified atom stereocenters. The second-order valence-corrected chi connectivity index (χ2v) is 7.04. The lowest BCUT2D eigenvalue weighted by atomic mass is 10.1. The van der Waals surface area contributed by atoms with Gasteiger partial charge in [0.15, 0.2) is 0 Å². The minimum absolute atomic E-state index is 0.357. The van der Waals surface area contributed by atoms with Gasteiger partial charge in [-0.25, -0.2) is 9.78 Å². The Balaban J connectivity index is 1.55. The number of pyridine rings is 1. The number of halogens is 4. The third kappa shape index (κ3) is 4.92. The van der Waals surface area contributed by atoms with E-state index >= 15 is 0 Å². The molecule has 0 spiro atoms. The highest BCUT2D eigenvalue weighted by Crippen LogP contribution is 2.25. The summed E-state index contributed by atoms with van der Waals surface area (Å²) in [6.07, 6.45) is 2.63. The Morgan fingerprint density at radius 3 is 2.71 bits per heavy atom. The molecular weight excluding hydrogens is 433 g/mol. The summed E-state index contributed by atoms with van der Waals surface area (Å²) in [5.74, 6) is 0. The maximum atomic E-state index is 12.2. The van der Waals surface area contributed by atoms with Crippen LogP contribution in [0, 0.1) is 0 Å². The number of rotatable bonds is 4. The Morgan fingerprint density at radius 2 is 1.97 bits per heavy atom. The Morgan fingerprint density at radius 1 is 1.13 bits per heavy atom. The van der Waals surface area contributed by atoms with Crippen LogP contribution in [-0.2, 0) is 0 Å². The van der Waals surface area contributed by atoms with Crippen molar-refractivity contribution >= 4 is 34.7 Å². The topological polar surface area (TPSA) is 82.5 Å². The number of amides is 2. The van der Waals surface area contributed by atoms with Gasteiger partial charge in [0.1, 0.15) is 17.3 Å². The molecular formula is C20H16ClF3N6O. The molecule has 1 aromatic carbocycles. The first-order chi connectivity index (χ1) is 14.8. The molecule has 160 valence electrons. The van der Waals surface area contributed by atoms with Crippen molar-refractivity contribution in [1.29, 1.82) is 0 Å². The molecule has 2 aromatic heterocycles. The van der Waals surface area contributed by atoms with Crippen molar-refractivity contribution in [2.75, 3.05) is 11.9 Å². The maximum Gasteiger partial charge on any atom is 0.405 e. The van der Waals surface area contributed by atoms with Crippen LogP contribution in [0.4, 0.5) is 23.7 Å². The molecule has 0 saturated carbocycles. The lowest BCUT2D eigenvalue weighted by Crippen LogP contribution is -2.36. The van der Waals surface area contributed by atoms with E-state index < -0.39 is 18.8 Å². The smallest absolute Gasteiger partial charge is 0.329 e. The fraction of sp³-hybridized carbons (Fsp3) is 0.100. The van der Waals surface area contributed by atoms with Gasteiger partial charge in [-0.1, -0.05) is 23.7 Å². The molecule has 4 rings (SSSR count). The van der Waals surface area contributed by atoms with E-state index in [9.17, 15) is 18.0 Å². The second-order valence-electron chi connectivity index (χ2n) is 6.64. The molecule has 0 atom stereocenters. The van der Waals surface area contributed by atoms with E-state index in [4.69, 9.17) is 11.6 Å². The Kier molecular flexibility index (Phi) is 5.47. The molecule has 0 bridgehead atoms.